The van der Waals surface area contributed by atoms with Gasteiger partial charge in [-0.2, -0.15) is 0 Å². The fraction of sp³-hybridized carbons (Fsp3) is 0.632. The Kier molecular flexibility index (Phi) is 3.55. The van der Waals surface area contributed by atoms with Crippen molar-refractivity contribution in [1.82, 2.24) is 14.8 Å². The predicted molar refractivity (Wildman–Crippen MR) is 89.2 cm³/mol. The van der Waals surface area contributed by atoms with E-state index in [9.17, 15) is 9.59 Å². The van der Waals surface area contributed by atoms with Crippen molar-refractivity contribution in [2.75, 3.05) is 19.6 Å². The third-order valence-corrected chi connectivity index (χ3v) is 6.41. The number of hydrogen-bond acceptors (Lipinski definition) is 4. The van der Waals surface area contributed by atoms with Gasteiger partial charge in [-0.05, 0) is 25.0 Å². The maximum atomic E-state index is 12.9. The molecule has 4 fully saturated rings. The largest absolute Gasteiger partial charge is 0.374 e. The normalized spacial score (nSPS) is 36.3. The van der Waals surface area contributed by atoms with Gasteiger partial charge in [0.15, 0.2) is 0 Å². The summed E-state index contributed by atoms with van der Waals surface area (Å²) in [5.41, 5.74) is 0.869. The minimum atomic E-state index is -0.200. The number of likely N-dealkylation sites (tertiary alicyclic amines) is 2. The third-order valence-electron chi connectivity index (χ3n) is 6.41. The molecule has 2 bridgehead atoms. The number of hydrogen-bond donors (Lipinski definition) is 0. The molecular weight excluding hydrogens is 318 g/mol. The highest BCUT2D eigenvalue weighted by Gasteiger charge is 2.54. The highest BCUT2D eigenvalue weighted by molar-refractivity contribution is 5.89. The van der Waals surface area contributed by atoms with Crippen LogP contribution >= 0.6 is 0 Å². The number of pyridine rings is 1. The summed E-state index contributed by atoms with van der Waals surface area (Å²) in [6, 6.07) is 5.70. The van der Waals surface area contributed by atoms with Gasteiger partial charge in [0.05, 0.1) is 30.4 Å². The van der Waals surface area contributed by atoms with E-state index >= 15 is 0 Å². The van der Waals surface area contributed by atoms with Crippen LogP contribution in [0.25, 0.3) is 0 Å². The van der Waals surface area contributed by atoms with E-state index in [-0.39, 0.29) is 17.7 Å². The molecule has 1 aromatic heterocycles. The number of rotatable bonds is 3. The van der Waals surface area contributed by atoms with E-state index < -0.39 is 0 Å². The first-order chi connectivity index (χ1) is 12.2. The number of aromatic nitrogens is 1. The molecule has 0 spiro atoms. The van der Waals surface area contributed by atoms with Crippen LogP contribution in [-0.2, 0) is 20.9 Å². The minimum absolute atomic E-state index is 0.0618. The van der Waals surface area contributed by atoms with Gasteiger partial charge in [0, 0.05) is 44.1 Å². The summed E-state index contributed by atoms with van der Waals surface area (Å²) in [4.78, 5) is 33.3. The van der Waals surface area contributed by atoms with E-state index in [1.165, 1.54) is 0 Å². The van der Waals surface area contributed by atoms with E-state index in [2.05, 4.69) is 4.98 Å². The van der Waals surface area contributed by atoms with Crippen molar-refractivity contribution in [3.63, 3.8) is 0 Å². The summed E-state index contributed by atoms with van der Waals surface area (Å²) in [5.74, 6) is 1.06. The molecule has 132 valence electrons. The molecule has 0 aromatic carbocycles. The Balaban J connectivity index is 1.23. The van der Waals surface area contributed by atoms with E-state index in [1.807, 2.05) is 23.1 Å². The summed E-state index contributed by atoms with van der Waals surface area (Å²) in [5, 5.41) is 0. The van der Waals surface area contributed by atoms with Gasteiger partial charge in [-0.25, -0.2) is 0 Å². The minimum Gasteiger partial charge on any atom is -0.374 e. The molecule has 0 unspecified atom stereocenters. The number of carbonyl (C=O) groups is 2. The first kappa shape index (κ1) is 15.3. The Labute approximate surface area is 147 Å². The zero-order valence-electron chi connectivity index (χ0n) is 14.2. The molecule has 6 nitrogen and oxygen atoms in total. The molecule has 0 radical (unpaired) electrons. The molecule has 5 atom stereocenters. The first-order valence-corrected chi connectivity index (χ1v) is 9.31. The van der Waals surface area contributed by atoms with Crippen molar-refractivity contribution in [2.45, 2.75) is 38.0 Å². The monoisotopic (exact) mass is 341 g/mol. The van der Waals surface area contributed by atoms with Gasteiger partial charge in [-0.1, -0.05) is 6.07 Å². The van der Waals surface area contributed by atoms with Crippen molar-refractivity contribution in [2.24, 2.45) is 17.8 Å². The molecule has 6 heteroatoms. The van der Waals surface area contributed by atoms with E-state index in [0.29, 0.717) is 43.6 Å². The highest BCUT2D eigenvalue weighted by atomic mass is 16.5. The second kappa shape index (κ2) is 5.80. The first-order valence-electron chi connectivity index (χ1n) is 9.31. The number of amides is 2. The molecule has 4 aliphatic rings. The topological polar surface area (TPSA) is 62.7 Å². The van der Waals surface area contributed by atoms with Crippen LogP contribution in [0.15, 0.2) is 24.4 Å². The molecule has 4 saturated heterocycles. The van der Waals surface area contributed by atoms with Crippen LogP contribution in [-0.4, -0.2) is 58.4 Å². The van der Waals surface area contributed by atoms with Crippen molar-refractivity contribution in [1.29, 1.82) is 0 Å². The molecule has 2 amide bonds. The van der Waals surface area contributed by atoms with Gasteiger partial charge in [-0.15, -0.1) is 0 Å². The quantitative estimate of drug-likeness (QED) is 0.825. The van der Waals surface area contributed by atoms with Gasteiger partial charge in [0.1, 0.15) is 0 Å². The van der Waals surface area contributed by atoms with Gasteiger partial charge in [0.25, 0.3) is 0 Å². The average molecular weight is 341 g/mol. The number of carbonyl (C=O) groups excluding carboxylic acids is 2. The van der Waals surface area contributed by atoms with Crippen molar-refractivity contribution >= 4 is 11.8 Å². The fourth-order valence-corrected chi connectivity index (χ4v) is 5.18. The summed E-state index contributed by atoms with van der Waals surface area (Å²) < 4.78 is 5.99. The lowest BCUT2D eigenvalue weighted by Crippen LogP contribution is -2.37. The molecule has 1 aromatic rings. The van der Waals surface area contributed by atoms with Crippen LogP contribution in [0, 0.1) is 17.8 Å². The Hall–Kier alpha value is -1.95. The summed E-state index contributed by atoms with van der Waals surface area (Å²) in [6.07, 6.45) is 5.08. The van der Waals surface area contributed by atoms with Crippen LogP contribution in [0.4, 0.5) is 0 Å². The predicted octanol–water partition coefficient (Wildman–Crippen LogP) is 1.07. The summed E-state index contributed by atoms with van der Waals surface area (Å²) in [7, 11) is 0. The smallest absolute Gasteiger partial charge is 0.228 e. The van der Waals surface area contributed by atoms with Gasteiger partial charge >= 0.3 is 0 Å². The van der Waals surface area contributed by atoms with Crippen LogP contribution in [0.1, 0.15) is 25.0 Å². The van der Waals surface area contributed by atoms with Crippen molar-refractivity contribution in [3.8, 4) is 0 Å². The number of fused-ring (bicyclic) bond motifs is 5. The standard InChI is InChI=1S/C19H23N3O3/c23-18-7-12(8-21(18)9-13-3-1-2-6-20-13)19(24)22-10-14-15(11-22)17-5-4-16(14)25-17/h1-3,6,12,14-17H,4-5,7-11H2/t12-,14-,15+,16+,17-/m0/s1. The zero-order chi connectivity index (χ0) is 17.0. The Morgan fingerprint density at radius 3 is 2.60 bits per heavy atom. The van der Waals surface area contributed by atoms with E-state index in [4.69, 9.17) is 4.74 Å². The lowest BCUT2D eigenvalue weighted by molar-refractivity contribution is -0.135. The molecule has 0 saturated carbocycles. The van der Waals surface area contributed by atoms with Gasteiger partial charge in [-0.3, -0.25) is 14.6 Å². The lowest BCUT2D eigenvalue weighted by atomic mass is 9.82. The third kappa shape index (κ3) is 2.54. The maximum absolute atomic E-state index is 12.9. The Morgan fingerprint density at radius 1 is 1.16 bits per heavy atom. The van der Waals surface area contributed by atoms with Crippen LogP contribution in [0.5, 0.6) is 0 Å². The van der Waals surface area contributed by atoms with Crippen molar-refractivity contribution in [3.05, 3.63) is 30.1 Å². The zero-order valence-corrected chi connectivity index (χ0v) is 14.2. The summed E-state index contributed by atoms with van der Waals surface area (Å²) in [6.45, 7) is 2.64. The van der Waals surface area contributed by atoms with Gasteiger partial charge < -0.3 is 14.5 Å². The molecule has 0 N–H and O–H groups in total. The second-order valence-corrected chi connectivity index (χ2v) is 7.86. The fourth-order valence-electron chi connectivity index (χ4n) is 5.18. The van der Waals surface area contributed by atoms with Gasteiger partial charge in [0.2, 0.25) is 11.8 Å². The molecule has 5 heterocycles. The van der Waals surface area contributed by atoms with E-state index in [0.717, 1.165) is 31.6 Å². The highest BCUT2D eigenvalue weighted by Crippen LogP contribution is 2.47. The Morgan fingerprint density at radius 2 is 1.92 bits per heavy atom. The number of nitrogens with zero attached hydrogens (tertiary/aromatic N) is 3. The number of ether oxygens (including phenoxy) is 1. The Bertz CT molecular complexity index is 676. The average Bonchev–Trinajstić information content (AvgIpc) is 3.37. The lowest BCUT2D eigenvalue weighted by Gasteiger charge is -2.22. The SMILES string of the molecule is O=C1C[C@H](C(=O)N2C[C@@H]3[C@H](C2)[C@H]2CC[C@@H]3O2)CN1Cc1ccccn1. The molecule has 25 heavy (non-hydrogen) atoms. The van der Waals surface area contributed by atoms with Crippen molar-refractivity contribution < 1.29 is 14.3 Å². The second-order valence-electron chi connectivity index (χ2n) is 7.86. The molecule has 4 aliphatic heterocycles. The van der Waals surface area contributed by atoms with Crippen LogP contribution in [0.2, 0.25) is 0 Å². The van der Waals surface area contributed by atoms with Crippen LogP contribution < -0.4 is 0 Å². The molecular formula is C19H23N3O3. The molecule has 5 rings (SSSR count). The van der Waals surface area contributed by atoms with Crippen LogP contribution in [0.3, 0.4) is 0 Å². The molecule has 0 aliphatic carbocycles. The maximum Gasteiger partial charge on any atom is 0.228 e. The van der Waals surface area contributed by atoms with E-state index in [1.54, 1.807) is 11.1 Å². The summed E-state index contributed by atoms with van der Waals surface area (Å²) >= 11 is 0.